The first-order chi connectivity index (χ1) is 9.79. The van der Waals surface area contributed by atoms with E-state index < -0.39 is 0 Å². The minimum atomic E-state index is 0.221. The number of fused-ring (bicyclic) bond motifs is 3. The van der Waals surface area contributed by atoms with Gasteiger partial charge in [-0.3, -0.25) is 4.90 Å². The van der Waals surface area contributed by atoms with Gasteiger partial charge < -0.3 is 9.26 Å². The van der Waals surface area contributed by atoms with Crippen LogP contribution in [0.1, 0.15) is 29.9 Å². The van der Waals surface area contributed by atoms with E-state index in [2.05, 4.69) is 25.4 Å². The summed E-state index contributed by atoms with van der Waals surface area (Å²) in [5.41, 5.74) is 1.04. The summed E-state index contributed by atoms with van der Waals surface area (Å²) in [7, 11) is 0. The van der Waals surface area contributed by atoms with Crippen LogP contribution in [0.4, 0.5) is 0 Å². The van der Waals surface area contributed by atoms with Gasteiger partial charge >= 0.3 is 0 Å². The second-order valence-corrected chi connectivity index (χ2v) is 5.35. The van der Waals surface area contributed by atoms with E-state index in [1.807, 2.05) is 11.6 Å². The summed E-state index contributed by atoms with van der Waals surface area (Å²) < 4.78 is 13.1. The van der Waals surface area contributed by atoms with Crippen molar-refractivity contribution in [2.24, 2.45) is 0 Å². The molecule has 2 aliphatic rings. The van der Waals surface area contributed by atoms with Gasteiger partial charge in [0.15, 0.2) is 5.82 Å². The fourth-order valence-electron chi connectivity index (χ4n) is 2.98. The van der Waals surface area contributed by atoms with Crippen molar-refractivity contribution in [3.05, 3.63) is 23.6 Å². The molecule has 8 nitrogen and oxygen atoms in total. The molecule has 2 aromatic rings. The highest BCUT2D eigenvalue weighted by Crippen LogP contribution is 2.30. The van der Waals surface area contributed by atoms with Crippen molar-refractivity contribution in [2.45, 2.75) is 38.6 Å². The molecule has 0 aliphatic carbocycles. The lowest BCUT2D eigenvalue weighted by Gasteiger charge is -2.40. The number of nitrogens with zero attached hydrogens (tertiary/aromatic N) is 6. The Hall–Kier alpha value is -1.80. The van der Waals surface area contributed by atoms with Gasteiger partial charge in [-0.15, -0.1) is 5.10 Å². The Bertz CT molecular complexity index is 609. The predicted molar refractivity (Wildman–Crippen MR) is 66.6 cm³/mol. The van der Waals surface area contributed by atoms with Gasteiger partial charge in [-0.1, -0.05) is 10.4 Å². The van der Waals surface area contributed by atoms with E-state index in [9.17, 15) is 0 Å². The number of aryl methyl sites for hydroxylation is 1. The van der Waals surface area contributed by atoms with E-state index in [-0.39, 0.29) is 12.1 Å². The molecule has 0 radical (unpaired) electrons. The number of likely N-dealkylation sites (tertiary alicyclic amines) is 1. The Kier molecular flexibility index (Phi) is 2.78. The molecular weight excluding hydrogens is 260 g/mol. The summed E-state index contributed by atoms with van der Waals surface area (Å²) in [6.07, 6.45) is 2.98. The minimum absolute atomic E-state index is 0.221. The van der Waals surface area contributed by atoms with Crippen LogP contribution in [0.5, 0.6) is 0 Å². The Morgan fingerprint density at radius 3 is 3.25 bits per heavy atom. The van der Waals surface area contributed by atoms with Crippen molar-refractivity contribution in [1.29, 1.82) is 0 Å². The summed E-state index contributed by atoms with van der Waals surface area (Å²) in [6.45, 7) is 4.94. The molecule has 0 N–H and O–H groups in total. The Morgan fingerprint density at radius 1 is 1.45 bits per heavy atom. The monoisotopic (exact) mass is 276 g/mol. The maximum Gasteiger partial charge on any atom is 0.240 e. The average molecular weight is 276 g/mol. The first kappa shape index (κ1) is 12.0. The normalized spacial score (nSPS) is 26.2. The molecule has 8 heteroatoms. The zero-order chi connectivity index (χ0) is 13.5. The maximum absolute atomic E-state index is 5.89. The first-order valence-electron chi connectivity index (χ1n) is 6.82. The lowest BCUT2D eigenvalue weighted by atomic mass is 10.0. The zero-order valence-corrected chi connectivity index (χ0v) is 11.3. The van der Waals surface area contributed by atoms with Gasteiger partial charge in [0.1, 0.15) is 0 Å². The van der Waals surface area contributed by atoms with Gasteiger partial charge in [0.25, 0.3) is 0 Å². The lowest BCUT2D eigenvalue weighted by molar-refractivity contribution is -0.0681. The molecule has 1 fully saturated rings. The molecule has 2 atom stereocenters. The molecule has 106 valence electrons. The van der Waals surface area contributed by atoms with Crippen LogP contribution in [-0.4, -0.2) is 49.2 Å². The van der Waals surface area contributed by atoms with Gasteiger partial charge in [0.2, 0.25) is 5.89 Å². The molecule has 0 unspecified atom stereocenters. The van der Waals surface area contributed by atoms with Crippen LogP contribution in [0.25, 0.3) is 0 Å². The quantitative estimate of drug-likeness (QED) is 0.781. The van der Waals surface area contributed by atoms with Crippen LogP contribution in [0, 0.1) is 6.92 Å². The molecule has 20 heavy (non-hydrogen) atoms. The van der Waals surface area contributed by atoms with Crippen LogP contribution in [0.15, 0.2) is 10.7 Å². The van der Waals surface area contributed by atoms with E-state index in [1.54, 1.807) is 6.20 Å². The van der Waals surface area contributed by atoms with Gasteiger partial charge in [-0.25, -0.2) is 4.68 Å². The third kappa shape index (κ3) is 2.01. The smallest absolute Gasteiger partial charge is 0.240 e. The Morgan fingerprint density at radius 2 is 2.40 bits per heavy atom. The number of hydrogen-bond donors (Lipinski definition) is 0. The molecule has 4 rings (SSSR count). The number of hydrogen-bond acceptors (Lipinski definition) is 7. The largest absolute Gasteiger partial charge is 0.370 e. The number of piperidine rings is 1. The van der Waals surface area contributed by atoms with Crippen LogP contribution in [0.2, 0.25) is 0 Å². The number of rotatable bonds is 2. The second kappa shape index (κ2) is 4.64. The van der Waals surface area contributed by atoms with E-state index in [0.29, 0.717) is 24.9 Å². The van der Waals surface area contributed by atoms with Crippen molar-refractivity contribution in [1.82, 2.24) is 30.0 Å². The molecule has 0 aromatic carbocycles. The molecule has 2 aliphatic heterocycles. The molecule has 0 amide bonds. The summed E-state index contributed by atoms with van der Waals surface area (Å²) in [5.74, 6) is 1.34. The van der Waals surface area contributed by atoms with E-state index in [0.717, 1.165) is 25.2 Å². The minimum Gasteiger partial charge on any atom is -0.370 e. The molecule has 0 saturated carbocycles. The summed E-state index contributed by atoms with van der Waals surface area (Å²) in [4.78, 5) is 6.56. The average Bonchev–Trinajstić information content (AvgIpc) is 3.07. The zero-order valence-electron chi connectivity index (χ0n) is 11.3. The van der Waals surface area contributed by atoms with Crippen LogP contribution >= 0.6 is 0 Å². The third-order valence-corrected chi connectivity index (χ3v) is 3.94. The van der Waals surface area contributed by atoms with Crippen molar-refractivity contribution in [3.63, 3.8) is 0 Å². The molecular formula is C12H16N6O2. The van der Waals surface area contributed by atoms with Crippen LogP contribution in [-0.2, 0) is 17.9 Å². The third-order valence-electron chi connectivity index (χ3n) is 3.94. The topological polar surface area (TPSA) is 82.1 Å². The predicted octanol–water partition coefficient (Wildman–Crippen LogP) is 0.315. The summed E-state index contributed by atoms with van der Waals surface area (Å²) >= 11 is 0. The fourth-order valence-corrected chi connectivity index (χ4v) is 2.98. The van der Waals surface area contributed by atoms with Gasteiger partial charge in [-0.05, 0) is 13.3 Å². The molecule has 0 bridgehead atoms. The van der Waals surface area contributed by atoms with Crippen molar-refractivity contribution in [2.75, 3.05) is 13.1 Å². The fraction of sp³-hybridized carbons (Fsp3) is 0.667. The molecule has 1 saturated heterocycles. The summed E-state index contributed by atoms with van der Waals surface area (Å²) in [5, 5.41) is 12.0. The van der Waals surface area contributed by atoms with Gasteiger partial charge in [0.05, 0.1) is 37.2 Å². The molecule has 2 aromatic heterocycles. The number of aromatic nitrogens is 5. The second-order valence-electron chi connectivity index (χ2n) is 5.35. The molecule has 4 heterocycles. The SMILES string of the molecule is Cc1noc(CN2CC[C@H]3OCc4cnnn4[C@@H]3C2)n1. The lowest BCUT2D eigenvalue weighted by Crippen LogP contribution is -2.47. The highest BCUT2D eigenvalue weighted by molar-refractivity contribution is 5.01. The van der Waals surface area contributed by atoms with Crippen LogP contribution < -0.4 is 0 Å². The van der Waals surface area contributed by atoms with Gasteiger partial charge in [-0.2, -0.15) is 4.98 Å². The maximum atomic E-state index is 5.89. The van der Waals surface area contributed by atoms with E-state index in [1.165, 1.54) is 0 Å². The highest BCUT2D eigenvalue weighted by atomic mass is 16.5. The van der Waals surface area contributed by atoms with Crippen molar-refractivity contribution < 1.29 is 9.26 Å². The van der Waals surface area contributed by atoms with Gasteiger partial charge in [0, 0.05) is 13.1 Å². The Balaban J connectivity index is 1.51. The highest BCUT2D eigenvalue weighted by Gasteiger charge is 2.36. The van der Waals surface area contributed by atoms with E-state index >= 15 is 0 Å². The number of ether oxygens (including phenoxy) is 1. The van der Waals surface area contributed by atoms with Crippen molar-refractivity contribution >= 4 is 0 Å². The standard InChI is InChI=1S/C12H16N6O2/c1-8-14-12(20-15-8)6-17-3-2-11-10(5-17)18-9(7-19-11)4-13-16-18/h4,10-11H,2-3,5-7H2,1H3/t10-,11-/m1/s1. The van der Waals surface area contributed by atoms with Crippen molar-refractivity contribution in [3.8, 4) is 0 Å². The summed E-state index contributed by atoms with van der Waals surface area (Å²) in [6, 6.07) is 0.221. The van der Waals surface area contributed by atoms with E-state index in [4.69, 9.17) is 9.26 Å². The Labute approximate surface area is 115 Å². The first-order valence-corrected chi connectivity index (χ1v) is 6.82. The van der Waals surface area contributed by atoms with Crippen LogP contribution in [0.3, 0.4) is 0 Å². The molecule has 0 spiro atoms.